The summed E-state index contributed by atoms with van der Waals surface area (Å²) < 4.78 is 0. The highest BCUT2D eigenvalue weighted by Crippen LogP contribution is 2.26. The topological polar surface area (TPSA) is 39.1 Å². The molecule has 0 bridgehead atoms. The second kappa shape index (κ2) is 6.00. The number of hydrogen-bond donors (Lipinski definition) is 1. The van der Waals surface area contributed by atoms with Crippen LogP contribution in [0.2, 0.25) is 0 Å². The van der Waals surface area contributed by atoms with Gasteiger partial charge in [0.15, 0.2) is 0 Å². The molecular weight excluding hydrogens is 174 g/mol. The smallest absolute Gasteiger partial charge is 0.108 e. The van der Waals surface area contributed by atoms with Gasteiger partial charge in [-0.2, -0.15) is 5.26 Å². The Bertz CT molecular complexity index is 193. The molecule has 1 unspecified atom stereocenters. The normalized spacial score (nSPS) is 19.0. The molecule has 1 aliphatic carbocycles. The first-order valence-corrected chi connectivity index (χ1v) is 5.57. The van der Waals surface area contributed by atoms with E-state index >= 15 is 0 Å². The Morgan fingerprint density at radius 1 is 1.57 bits per heavy atom. The molecule has 80 valence electrons. The summed E-state index contributed by atoms with van der Waals surface area (Å²) in [7, 11) is 2.11. The Kier molecular flexibility index (Phi) is 4.92. The van der Waals surface area contributed by atoms with Gasteiger partial charge in [0.1, 0.15) is 6.04 Å². The fraction of sp³-hybridized carbons (Fsp3) is 0.909. The number of nitriles is 1. The van der Waals surface area contributed by atoms with Gasteiger partial charge in [-0.05, 0) is 32.4 Å². The average Bonchev–Trinajstić information content (AvgIpc) is 2.11. The molecule has 0 aliphatic heterocycles. The summed E-state index contributed by atoms with van der Waals surface area (Å²) in [6, 6.07) is 2.28. The van der Waals surface area contributed by atoms with Gasteiger partial charge in [-0.25, -0.2) is 0 Å². The number of likely N-dealkylation sites (N-methyl/N-ethyl adjacent to an activating group) is 2. The maximum absolute atomic E-state index is 8.87. The lowest BCUT2D eigenvalue weighted by Crippen LogP contribution is -2.41. The summed E-state index contributed by atoms with van der Waals surface area (Å²) in [6.45, 7) is 4.91. The van der Waals surface area contributed by atoms with Crippen molar-refractivity contribution in [2.45, 2.75) is 32.2 Å². The summed E-state index contributed by atoms with van der Waals surface area (Å²) in [5.74, 6) is 0.890. The Balaban J connectivity index is 2.16. The molecule has 0 aromatic carbocycles. The van der Waals surface area contributed by atoms with E-state index in [0.29, 0.717) is 0 Å². The van der Waals surface area contributed by atoms with Crippen LogP contribution in [-0.4, -0.2) is 37.6 Å². The minimum absolute atomic E-state index is 0.00919. The van der Waals surface area contributed by atoms with Crippen molar-refractivity contribution in [3.63, 3.8) is 0 Å². The van der Waals surface area contributed by atoms with Crippen molar-refractivity contribution in [1.82, 2.24) is 10.2 Å². The molecule has 14 heavy (non-hydrogen) atoms. The van der Waals surface area contributed by atoms with E-state index in [9.17, 15) is 0 Å². The van der Waals surface area contributed by atoms with Crippen LogP contribution in [0, 0.1) is 17.2 Å². The zero-order chi connectivity index (χ0) is 10.4. The van der Waals surface area contributed by atoms with Gasteiger partial charge in [-0.3, -0.25) is 0 Å². The lowest BCUT2D eigenvalue weighted by atomic mass is 9.85. The Hall–Kier alpha value is -0.590. The van der Waals surface area contributed by atoms with E-state index in [2.05, 4.69) is 23.3 Å². The lowest BCUT2D eigenvalue weighted by molar-refractivity contribution is 0.199. The minimum Gasteiger partial charge on any atom is -0.303 e. The summed E-state index contributed by atoms with van der Waals surface area (Å²) in [4.78, 5) is 2.28. The van der Waals surface area contributed by atoms with E-state index in [-0.39, 0.29) is 6.04 Å². The average molecular weight is 195 g/mol. The maximum atomic E-state index is 8.87. The Morgan fingerprint density at radius 2 is 2.29 bits per heavy atom. The molecule has 3 heteroatoms. The van der Waals surface area contributed by atoms with Crippen LogP contribution in [0.25, 0.3) is 0 Å². The first-order valence-electron chi connectivity index (χ1n) is 5.57. The fourth-order valence-corrected chi connectivity index (χ4v) is 1.90. The number of rotatable bonds is 6. The van der Waals surface area contributed by atoms with Crippen LogP contribution in [0.3, 0.4) is 0 Å². The van der Waals surface area contributed by atoms with Gasteiger partial charge in [0.25, 0.3) is 0 Å². The first-order chi connectivity index (χ1) is 6.76. The van der Waals surface area contributed by atoms with Crippen LogP contribution < -0.4 is 5.32 Å². The van der Waals surface area contributed by atoms with Gasteiger partial charge in [0.2, 0.25) is 0 Å². The molecule has 0 aromatic heterocycles. The second-order valence-electron chi connectivity index (χ2n) is 4.26. The van der Waals surface area contributed by atoms with Gasteiger partial charge in [-0.1, -0.05) is 13.3 Å². The molecule has 0 amide bonds. The summed E-state index contributed by atoms with van der Waals surface area (Å²) >= 11 is 0. The molecule has 0 aromatic rings. The van der Waals surface area contributed by atoms with Crippen molar-refractivity contribution in [2.24, 2.45) is 5.92 Å². The third kappa shape index (κ3) is 3.65. The molecule has 1 rings (SSSR count). The number of nitrogens with one attached hydrogen (secondary N) is 1. The van der Waals surface area contributed by atoms with E-state index in [1.165, 1.54) is 19.3 Å². The van der Waals surface area contributed by atoms with Gasteiger partial charge in [0, 0.05) is 13.1 Å². The summed E-state index contributed by atoms with van der Waals surface area (Å²) in [6.07, 6.45) is 4.15. The van der Waals surface area contributed by atoms with Gasteiger partial charge in [-0.15, -0.1) is 0 Å². The Labute approximate surface area is 87.1 Å². The van der Waals surface area contributed by atoms with Crippen molar-refractivity contribution in [1.29, 1.82) is 5.26 Å². The molecule has 1 aliphatic rings. The molecule has 1 fully saturated rings. The molecule has 3 nitrogen and oxygen atoms in total. The van der Waals surface area contributed by atoms with Crippen LogP contribution in [-0.2, 0) is 0 Å². The zero-order valence-corrected chi connectivity index (χ0v) is 9.29. The van der Waals surface area contributed by atoms with Crippen molar-refractivity contribution in [3.8, 4) is 6.07 Å². The Morgan fingerprint density at radius 3 is 2.71 bits per heavy atom. The van der Waals surface area contributed by atoms with E-state index in [1.807, 2.05) is 6.92 Å². The predicted molar refractivity (Wildman–Crippen MR) is 57.9 cm³/mol. The molecule has 0 heterocycles. The predicted octanol–water partition coefficient (Wildman–Crippen LogP) is 1.22. The van der Waals surface area contributed by atoms with Crippen molar-refractivity contribution in [2.75, 3.05) is 26.7 Å². The first kappa shape index (κ1) is 11.5. The highest BCUT2D eigenvalue weighted by molar-refractivity contribution is 4.91. The van der Waals surface area contributed by atoms with Crippen molar-refractivity contribution < 1.29 is 0 Å². The highest BCUT2D eigenvalue weighted by atomic mass is 15.1. The van der Waals surface area contributed by atoms with Crippen LogP contribution in [0.1, 0.15) is 26.2 Å². The van der Waals surface area contributed by atoms with Crippen molar-refractivity contribution in [3.05, 3.63) is 0 Å². The van der Waals surface area contributed by atoms with E-state index in [4.69, 9.17) is 5.26 Å². The second-order valence-corrected chi connectivity index (χ2v) is 4.26. The van der Waals surface area contributed by atoms with E-state index in [1.54, 1.807) is 0 Å². The molecular formula is C11H21N3. The molecule has 1 saturated carbocycles. The largest absolute Gasteiger partial charge is 0.303 e. The third-order valence-corrected chi connectivity index (χ3v) is 2.90. The monoisotopic (exact) mass is 195 g/mol. The lowest BCUT2D eigenvalue weighted by Gasteiger charge is -2.30. The molecule has 1 N–H and O–H groups in total. The zero-order valence-electron chi connectivity index (χ0n) is 9.29. The summed E-state index contributed by atoms with van der Waals surface area (Å²) in [5, 5.41) is 12.0. The van der Waals surface area contributed by atoms with Gasteiger partial charge in [0.05, 0.1) is 6.07 Å². The highest BCUT2D eigenvalue weighted by Gasteiger charge is 2.20. The van der Waals surface area contributed by atoms with Crippen molar-refractivity contribution >= 4 is 0 Å². The maximum Gasteiger partial charge on any atom is 0.108 e. The molecule has 0 radical (unpaired) electrons. The van der Waals surface area contributed by atoms with E-state index in [0.717, 1.165) is 25.6 Å². The van der Waals surface area contributed by atoms with Crippen LogP contribution in [0.4, 0.5) is 0 Å². The van der Waals surface area contributed by atoms with Gasteiger partial charge < -0.3 is 10.2 Å². The molecule has 0 saturated heterocycles. The van der Waals surface area contributed by atoms with Crippen LogP contribution >= 0.6 is 0 Å². The molecule has 0 spiro atoms. The van der Waals surface area contributed by atoms with Crippen LogP contribution in [0.5, 0.6) is 0 Å². The number of nitrogens with zero attached hydrogens (tertiary/aromatic N) is 2. The fourth-order valence-electron chi connectivity index (χ4n) is 1.90. The molecule has 1 atom stereocenters. The third-order valence-electron chi connectivity index (χ3n) is 2.90. The van der Waals surface area contributed by atoms with E-state index < -0.39 is 0 Å². The summed E-state index contributed by atoms with van der Waals surface area (Å²) in [5.41, 5.74) is 0. The van der Waals surface area contributed by atoms with Crippen LogP contribution in [0.15, 0.2) is 0 Å². The minimum atomic E-state index is -0.00919. The quantitative estimate of drug-likeness (QED) is 0.692. The van der Waals surface area contributed by atoms with Gasteiger partial charge >= 0.3 is 0 Å². The SMILES string of the molecule is CCNC(C#N)CN(C)CC1CCC1. The number of hydrogen-bond acceptors (Lipinski definition) is 3. The standard InChI is InChI=1S/C11H21N3/c1-3-13-11(7-12)9-14(2)8-10-5-4-6-10/h10-11,13H,3-6,8-9H2,1-2H3.